The molecule has 0 unspecified atom stereocenters. The molecule has 5 nitrogen and oxygen atoms in total. The molecule has 1 aromatic carbocycles. The number of carbonyl (C=O) groups excluding carboxylic acids is 1. The summed E-state index contributed by atoms with van der Waals surface area (Å²) in [6.45, 7) is 2.21. The zero-order valence-corrected chi connectivity index (χ0v) is 12.4. The largest absolute Gasteiger partial charge is 0.467 e. The normalized spacial score (nSPS) is 18.2. The Labute approximate surface area is 129 Å². The highest BCUT2D eigenvalue weighted by Crippen LogP contribution is 2.12. The number of carbonyl (C=O) groups is 1. The van der Waals surface area contributed by atoms with Crippen LogP contribution in [0.2, 0.25) is 0 Å². The molecule has 1 atom stereocenters. The van der Waals surface area contributed by atoms with Gasteiger partial charge in [0.2, 0.25) is 0 Å². The number of hydrogen-bond acceptors (Lipinski definition) is 3. The molecule has 22 heavy (non-hydrogen) atoms. The Bertz CT molecular complexity index is 583. The Kier molecular flexibility index (Phi) is 4.75. The highest BCUT2D eigenvalue weighted by atomic mass is 16.5. The van der Waals surface area contributed by atoms with Crippen molar-refractivity contribution in [2.45, 2.75) is 19.1 Å². The number of furan rings is 1. The monoisotopic (exact) mass is 300 g/mol. The molecule has 1 aliphatic heterocycles. The fraction of sp³-hybridized carbons (Fsp3) is 0.353. The third kappa shape index (κ3) is 3.89. The quantitative estimate of drug-likeness (QED) is 0.943. The molecule has 5 heteroatoms. The zero-order valence-electron chi connectivity index (χ0n) is 12.4. The molecule has 2 amide bonds. The fourth-order valence-corrected chi connectivity index (χ4v) is 2.59. The van der Waals surface area contributed by atoms with Gasteiger partial charge in [-0.1, -0.05) is 30.3 Å². The molecule has 0 radical (unpaired) electrons. The van der Waals surface area contributed by atoms with Gasteiger partial charge in [-0.2, -0.15) is 0 Å². The van der Waals surface area contributed by atoms with E-state index >= 15 is 0 Å². The maximum Gasteiger partial charge on any atom is 0.317 e. The Morgan fingerprint density at radius 2 is 2.09 bits per heavy atom. The van der Waals surface area contributed by atoms with Crippen molar-refractivity contribution < 1.29 is 13.9 Å². The number of nitrogens with zero attached hydrogens (tertiary/aromatic N) is 1. The van der Waals surface area contributed by atoms with Crippen LogP contribution in [0.5, 0.6) is 0 Å². The Hall–Kier alpha value is -2.27. The van der Waals surface area contributed by atoms with Crippen molar-refractivity contribution in [2.75, 3.05) is 19.7 Å². The van der Waals surface area contributed by atoms with Gasteiger partial charge in [0.05, 0.1) is 25.5 Å². The summed E-state index contributed by atoms with van der Waals surface area (Å²) < 4.78 is 11.0. The second-order valence-corrected chi connectivity index (χ2v) is 5.37. The molecule has 1 aromatic heterocycles. The molecule has 0 spiro atoms. The third-order valence-corrected chi connectivity index (χ3v) is 3.73. The maximum atomic E-state index is 12.2. The number of morpholine rings is 1. The summed E-state index contributed by atoms with van der Waals surface area (Å²) in [5, 5.41) is 2.88. The molecule has 1 fully saturated rings. The summed E-state index contributed by atoms with van der Waals surface area (Å²) in [5.41, 5.74) is 1.23. The average Bonchev–Trinajstić information content (AvgIpc) is 3.07. The molecule has 2 aromatic rings. The lowest BCUT2D eigenvalue weighted by Crippen LogP contribution is -2.50. The number of rotatable bonds is 4. The van der Waals surface area contributed by atoms with Crippen LogP contribution in [0.1, 0.15) is 11.3 Å². The van der Waals surface area contributed by atoms with Crippen LogP contribution in [0, 0.1) is 0 Å². The molecular weight excluding hydrogens is 280 g/mol. The van der Waals surface area contributed by atoms with Crippen LogP contribution in [0.3, 0.4) is 0 Å². The first-order valence-corrected chi connectivity index (χ1v) is 7.52. The van der Waals surface area contributed by atoms with E-state index in [4.69, 9.17) is 9.15 Å². The van der Waals surface area contributed by atoms with Crippen molar-refractivity contribution in [1.82, 2.24) is 10.2 Å². The lowest BCUT2D eigenvalue weighted by atomic mass is 10.1. The summed E-state index contributed by atoms with van der Waals surface area (Å²) in [7, 11) is 0. The molecule has 3 rings (SSSR count). The van der Waals surface area contributed by atoms with Crippen LogP contribution in [0.4, 0.5) is 4.79 Å². The van der Waals surface area contributed by atoms with Gasteiger partial charge < -0.3 is 19.4 Å². The van der Waals surface area contributed by atoms with E-state index in [0.717, 1.165) is 12.2 Å². The topological polar surface area (TPSA) is 54.7 Å². The molecule has 1 saturated heterocycles. The van der Waals surface area contributed by atoms with Gasteiger partial charge in [-0.05, 0) is 17.7 Å². The van der Waals surface area contributed by atoms with Gasteiger partial charge in [0.1, 0.15) is 5.76 Å². The molecule has 1 aliphatic rings. The number of urea groups is 1. The Morgan fingerprint density at radius 1 is 1.23 bits per heavy atom. The molecule has 0 aliphatic carbocycles. The van der Waals surface area contributed by atoms with Gasteiger partial charge in [0.25, 0.3) is 0 Å². The minimum Gasteiger partial charge on any atom is -0.467 e. The molecule has 2 heterocycles. The van der Waals surface area contributed by atoms with E-state index in [0.29, 0.717) is 26.2 Å². The van der Waals surface area contributed by atoms with Crippen molar-refractivity contribution in [3.8, 4) is 0 Å². The Balaban J connectivity index is 1.50. The van der Waals surface area contributed by atoms with Crippen molar-refractivity contribution in [3.05, 3.63) is 60.1 Å². The van der Waals surface area contributed by atoms with E-state index in [1.165, 1.54) is 5.56 Å². The van der Waals surface area contributed by atoms with Crippen LogP contribution in [-0.4, -0.2) is 36.7 Å². The first-order chi connectivity index (χ1) is 10.8. The van der Waals surface area contributed by atoms with Crippen molar-refractivity contribution in [1.29, 1.82) is 0 Å². The van der Waals surface area contributed by atoms with Crippen molar-refractivity contribution in [2.24, 2.45) is 0 Å². The van der Waals surface area contributed by atoms with Gasteiger partial charge in [0.15, 0.2) is 0 Å². The van der Waals surface area contributed by atoms with Crippen LogP contribution >= 0.6 is 0 Å². The summed E-state index contributed by atoms with van der Waals surface area (Å²) >= 11 is 0. The van der Waals surface area contributed by atoms with Gasteiger partial charge >= 0.3 is 6.03 Å². The smallest absolute Gasteiger partial charge is 0.317 e. The second-order valence-electron chi connectivity index (χ2n) is 5.37. The van der Waals surface area contributed by atoms with Crippen LogP contribution in [0.25, 0.3) is 0 Å². The molecule has 0 bridgehead atoms. The average molecular weight is 300 g/mol. The number of hydrogen-bond donors (Lipinski definition) is 1. The van der Waals surface area contributed by atoms with Gasteiger partial charge in [-0.3, -0.25) is 0 Å². The number of nitrogens with one attached hydrogen (secondary N) is 1. The van der Waals surface area contributed by atoms with Crippen LogP contribution in [0.15, 0.2) is 53.1 Å². The lowest BCUT2D eigenvalue weighted by molar-refractivity contribution is -0.0133. The van der Waals surface area contributed by atoms with Crippen molar-refractivity contribution >= 4 is 6.03 Å². The molecule has 1 N–H and O–H groups in total. The van der Waals surface area contributed by atoms with Crippen LogP contribution in [-0.2, 0) is 17.7 Å². The predicted octanol–water partition coefficient (Wildman–Crippen LogP) is 2.43. The molecule has 116 valence electrons. The minimum absolute atomic E-state index is 0.0468. The highest BCUT2D eigenvalue weighted by molar-refractivity contribution is 5.74. The first kappa shape index (κ1) is 14.7. The number of amides is 2. The zero-order chi connectivity index (χ0) is 15.2. The Morgan fingerprint density at radius 3 is 2.86 bits per heavy atom. The third-order valence-electron chi connectivity index (χ3n) is 3.73. The summed E-state index contributed by atoms with van der Waals surface area (Å²) in [6.07, 6.45) is 2.47. The van der Waals surface area contributed by atoms with E-state index in [-0.39, 0.29) is 12.1 Å². The van der Waals surface area contributed by atoms with E-state index in [1.54, 1.807) is 11.2 Å². The lowest BCUT2D eigenvalue weighted by Gasteiger charge is -2.33. The highest BCUT2D eigenvalue weighted by Gasteiger charge is 2.24. The minimum atomic E-state index is -0.0715. The summed E-state index contributed by atoms with van der Waals surface area (Å²) in [4.78, 5) is 14.0. The second kappa shape index (κ2) is 7.13. The number of benzene rings is 1. The summed E-state index contributed by atoms with van der Waals surface area (Å²) in [5.74, 6) is 0.752. The first-order valence-electron chi connectivity index (χ1n) is 7.52. The fourth-order valence-electron chi connectivity index (χ4n) is 2.59. The SMILES string of the molecule is O=C(NCc1ccco1)N1CCO[C@@H](Cc2ccccc2)C1. The van der Waals surface area contributed by atoms with E-state index in [1.807, 2.05) is 30.3 Å². The predicted molar refractivity (Wildman–Crippen MR) is 82.4 cm³/mol. The standard InChI is InChI=1S/C17H20N2O3/c20-17(18-12-15-7-4-9-21-15)19-8-10-22-16(13-19)11-14-5-2-1-3-6-14/h1-7,9,16H,8,10-13H2,(H,18,20)/t16-/m0/s1. The van der Waals surface area contributed by atoms with E-state index in [2.05, 4.69) is 17.4 Å². The maximum absolute atomic E-state index is 12.2. The van der Waals surface area contributed by atoms with Gasteiger partial charge in [0, 0.05) is 19.5 Å². The van der Waals surface area contributed by atoms with E-state index in [9.17, 15) is 4.79 Å². The van der Waals surface area contributed by atoms with Crippen molar-refractivity contribution in [3.63, 3.8) is 0 Å². The van der Waals surface area contributed by atoms with Gasteiger partial charge in [-0.15, -0.1) is 0 Å². The number of ether oxygens (including phenoxy) is 1. The molecule has 0 saturated carbocycles. The summed E-state index contributed by atoms with van der Waals surface area (Å²) in [6, 6.07) is 13.8. The van der Waals surface area contributed by atoms with Crippen LogP contribution < -0.4 is 5.32 Å². The molecular formula is C17H20N2O3. The van der Waals surface area contributed by atoms with E-state index < -0.39 is 0 Å². The van der Waals surface area contributed by atoms with Gasteiger partial charge in [-0.25, -0.2) is 4.79 Å².